The fraction of sp³-hybridized carbons (Fsp3) is 0.294. The van der Waals surface area contributed by atoms with Crippen molar-refractivity contribution in [3.8, 4) is 11.3 Å². The largest absolute Gasteiger partial charge is 0.510 e. The minimum Gasteiger partial charge on any atom is -0.510 e. The number of nitrogens with one attached hydrogen (secondary N) is 1. The van der Waals surface area contributed by atoms with Gasteiger partial charge in [0, 0.05) is 22.0 Å². The van der Waals surface area contributed by atoms with Crippen molar-refractivity contribution in [1.29, 1.82) is 5.41 Å². The molecule has 0 spiro atoms. The first-order chi connectivity index (χ1) is 11.0. The van der Waals surface area contributed by atoms with E-state index in [1.54, 1.807) is 0 Å². The molecular formula is C17H18ClN3OS. The van der Waals surface area contributed by atoms with Gasteiger partial charge in [0.1, 0.15) is 16.6 Å². The van der Waals surface area contributed by atoms with Gasteiger partial charge in [-0.25, -0.2) is 4.98 Å². The lowest BCUT2D eigenvalue weighted by atomic mass is 10.2. The predicted molar refractivity (Wildman–Crippen MR) is 96.3 cm³/mol. The lowest BCUT2D eigenvalue weighted by Gasteiger charge is -2.25. The average molecular weight is 348 g/mol. The molecule has 2 heterocycles. The Bertz CT molecular complexity index is 766. The van der Waals surface area contributed by atoms with Crippen LogP contribution in [-0.4, -0.2) is 33.4 Å². The van der Waals surface area contributed by atoms with E-state index in [-0.39, 0.29) is 11.8 Å². The number of hydrogen-bond donors (Lipinski definition) is 2. The van der Waals surface area contributed by atoms with E-state index in [2.05, 4.69) is 18.8 Å². The lowest BCUT2D eigenvalue weighted by Crippen LogP contribution is -2.34. The molecule has 0 radical (unpaired) electrons. The predicted octanol–water partition coefficient (Wildman–Crippen LogP) is 4.82. The highest BCUT2D eigenvalue weighted by Crippen LogP contribution is 2.33. The Morgan fingerprint density at radius 1 is 1.39 bits per heavy atom. The Morgan fingerprint density at radius 2 is 2.09 bits per heavy atom. The Hall–Kier alpha value is -1.85. The summed E-state index contributed by atoms with van der Waals surface area (Å²) in [5.74, 6) is 0.584. The van der Waals surface area contributed by atoms with Crippen LogP contribution in [0.15, 0.2) is 35.4 Å². The number of aromatic nitrogens is 1. The van der Waals surface area contributed by atoms with Gasteiger partial charge in [-0.1, -0.05) is 30.7 Å². The molecular weight excluding hydrogens is 330 g/mol. The van der Waals surface area contributed by atoms with Gasteiger partial charge in [0.05, 0.1) is 17.8 Å². The summed E-state index contributed by atoms with van der Waals surface area (Å²) in [6.07, 6.45) is 0.927. The van der Waals surface area contributed by atoms with Crippen molar-refractivity contribution in [2.45, 2.75) is 26.3 Å². The summed E-state index contributed by atoms with van der Waals surface area (Å²) in [4.78, 5) is 6.51. The number of halogens is 1. The van der Waals surface area contributed by atoms with Gasteiger partial charge in [0.2, 0.25) is 0 Å². The summed E-state index contributed by atoms with van der Waals surface area (Å²) in [7, 11) is 0. The zero-order chi connectivity index (χ0) is 16.6. The summed E-state index contributed by atoms with van der Waals surface area (Å²) in [6.45, 7) is 4.53. The Kier molecular flexibility index (Phi) is 4.41. The first-order valence-corrected chi connectivity index (χ1v) is 8.76. The molecule has 3 rings (SSSR count). The fourth-order valence-corrected chi connectivity index (χ4v) is 3.58. The van der Waals surface area contributed by atoms with Crippen LogP contribution < -0.4 is 0 Å². The second-order valence-corrected chi connectivity index (χ2v) is 6.89. The SMILES string of the molecule is CC[C@H](C)N1CC(O)=C(c2nc(-c3ccc(Cl)cc3)cs2)C1=N. The van der Waals surface area contributed by atoms with Crippen LogP contribution in [0.3, 0.4) is 0 Å². The van der Waals surface area contributed by atoms with Crippen LogP contribution in [0, 0.1) is 5.41 Å². The van der Waals surface area contributed by atoms with Crippen LogP contribution >= 0.6 is 22.9 Å². The highest BCUT2D eigenvalue weighted by molar-refractivity contribution is 7.11. The Labute approximate surface area is 144 Å². The molecule has 120 valence electrons. The minimum atomic E-state index is 0.220. The third-order valence-corrected chi connectivity index (χ3v) is 5.23. The van der Waals surface area contributed by atoms with E-state index in [1.807, 2.05) is 34.5 Å². The number of hydrogen-bond acceptors (Lipinski definition) is 4. The molecule has 1 atom stereocenters. The topological polar surface area (TPSA) is 60.2 Å². The highest BCUT2D eigenvalue weighted by Gasteiger charge is 2.32. The van der Waals surface area contributed by atoms with Gasteiger partial charge in [-0.2, -0.15) is 0 Å². The molecule has 1 aromatic heterocycles. The molecule has 1 aliphatic heterocycles. The molecule has 6 heteroatoms. The van der Waals surface area contributed by atoms with E-state index < -0.39 is 0 Å². The Balaban J connectivity index is 1.90. The first-order valence-electron chi connectivity index (χ1n) is 7.50. The third-order valence-electron chi connectivity index (χ3n) is 4.11. The zero-order valence-corrected chi connectivity index (χ0v) is 14.6. The molecule has 0 amide bonds. The van der Waals surface area contributed by atoms with Gasteiger partial charge in [0.25, 0.3) is 0 Å². The van der Waals surface area contributed by atoms with Crippen LogP contribution in [0.1, 0.15) is 25.3 Å². The number of thiazole rings is 1. The number of benzene rings is 1. The molecule has 0 saturated heterocycles. The second-order valence-electron chi connectivity index (χ2n) is 5.60. The summed E-state index contributed by atoms with van der Waals surface area (Å²) in [5.41, 5.74) is 2.35. The normalized spacial score (nSPS) is 16.3. The summed E-state index contributed by atoms with van der Waals surface area (Å²) in [5, 5.41) is 22.0. The van der Waals surface area contributed by atoms with Crippen LogP contribution in [0.5, 0.6) is 0 Å². The molecule has 2 aromatic rings. The van der Waals surface area contributed by atoms with Crippen molar-refractivity contribution in [2.75, 3.05) is 6.54 Å². The van der Waals surface area contributed by atoms with Gasteiger partial charge >= 0.3 is 0 Å². The molecule has 2 N–H and O–H groups in total. The van der Waals surface area contributed by atoms with Gasteiger partial charge in [-0.05, 0) is 25.5 Å². The standard InChI is InChI=1S/C17H18ClN3OS/c1-3-10(2)21-8-14(22)15(16(21)19)17-20-13(9-23-17)11-4-6-12(18)7-5-11/h4-7,9-10,19,22H,3,8H2,1-2H3/t10-/m0/s1. The maximum Gasteiger partial charge on any atom is 0.135 e. The minimum absolute atomic E-state index is 0.220. The van der Waals surface area contributed by atoms with Crippen LogP contribution in [-0.2, 0) is 0 Å². The van der Waals surface area contributed by atoms with Crippen molar-refractivity contribution >= 4 is 34.3 Å². The first kappa shape index (κ1) is 16.0. The third kappa shape index (κ3) is 2.99. The monoisotopic (exact) mass is 347 g/mol. The van der Waals surface area contributed by atoms with Gasteiger partial charge in [0.15, 0.2) is 0 Å². The molecule has 1 aromatic carbocycles. The quantitative estimate of drug-likeness (QED) is 0.833. The maximum absolute atomic E-state index is 10.3. The van der Waals surface area contributed by atoms with E-state index in [1.165, 1.54) is 11.3 Å². The summed E-state index contributed by atoms with van der Waals surface area (Å²) < 4.78 is 0. The van der Waals surface area contributed by atoms with E-state index >= 15 is 0 Å². The number of amidine groups is 1. The highest BCUT2D eigenvalue weighted by atomic mass is 35.5. The van der Waals surface area contributed by atoms with Crippen molar-refractivity contribution in [2.24, 2.45) is 0 Å². The maximum atomic E-state index is 10.3. The molecule has 0 unspecified atom stereocenters. The number of rotatable bonds is 4. The van der Waals surface area contributed by atoms with Crippen LogP contribution in [0.4, 0.5) is 0 Å². The molecule has 1 aliphatic rings. The van der Waals surface area contributed by atoms with Gasteiger partial charge < -0.3 is 10.0 Å². The molecule has 0 saturated carbocycles. The average Bonchev–Trinajstić information content (AvgIpc) is 3.12. The van der Waals surface area contributed by atoms with E-state index in [9.17, 15) is 5.11 Å². The Morgan fingerprint density at radius 3 is 2.74 bits per heavy atom. The van der Waals surface area contributed by atoms with Gasteiger partial charge in [-0.15, -0.1) is 11.3 Å². The van der Waals surface area contributed by atoms with Crippen molar-refractivity contribution in [3.63, 3.8) is 0 Å². The molecule has 0 bridgehead atoms. The number of nitrogens with zero attached hydrogens (tertiary/aromatic N) is 2. The smallest absolute Gasteiger partial charge is 0.135 e. The second kappa shape index (κ2) is 6.34. The zero-order valence-electron chi connectivity index (χ0n) is 13.0. The summed E-state index contributed by atoms with van der Waals surface area (Å²) >= 11 is 7.36. The van der Waals surface area contributed by atoms with Crippen molar-refractivity contribution in [3.05, 3.63) is 45.4 Å². The van der Waals surface area contributed by atoms with Crippen LogP contribution in [0.25, 0.3) is 16.8 Å². The molecule has 0 fully saturated rings. The molecule has 23 heavy (non-hydrogen) atoms. The van der Waals surface area contributed by atoms with E-state index in [0.717, 1.165) is 17.7 Å². The molecule has 4 nitrogen and oxygen atoms in total. The fourth-order valence-electron chi connectivity index (χ4n) is 2.56. The van der Waals surface area contributed by atoms with E-state index in [0.29, 0.717) is 28.0 Å². The summed E-state index contributed by atoms with van der Waals surface area (Å²) in [6, 6.07) is 7.71. The molecule has 0 aliphatic carbocycles. The number of aliphatic hydroxyl groups is 1. The van der Waals surface area contributed by atoms with Gasteiger partial charge in [-0.3, -0.25) is 5.41 Å². The van der Waals surface area contributed by atoms with E-state index in [4.69, 9.17) is 17.0 Å². The van der Waals surface area contributed by atoms with Crippen LogP contribution in [0.2, 0.25) is 5.02 Å². The van der Waals surface area contributed by atoms with Crippen molar-refractivity contribution < 1.29 is 5.11 Å². The number of aliphatic hydroxyl groups excluding tert-OH is 1. The van der Waals surface area contributed by atoms with Crippen molar-refractivity contribution in [1.82, 2.24) is 9.88 Å². The lowest BCUT2D eigenvalue weighted by molar-refractivity contribution is 0.301.